The Morgan fingerprint density at radius 2 is 2.15 bits per heavy atom. The summed E-state index contributed by atoms with van der Waals surface area (Å²) in [5.41, 5.74) is 5.69. The standard InChI is InChI=1S/C11H21N5O3S/c1-9(2)13-7-10-8-16(15-14-10)4-6-20(18,19)5-3-11(12)17/h8-9,13H,3-7H2,1-2H3,(H2,12,17). The zero-order valence-corrected chi connectivity index (χ0v) is 12.6. The molecule has 0 saturated carbocycles. The second-order valence-electron chi connectivity index (χ2n) is 4.88. The van der Waals surface area contributed by atoms with Gasteiger partial charge >= 0.3 is 0 Å². The molecule has 1 rings (SSSR count). The van der Waals surface area contributed by atoms with Gasteiger partial charge in [-0.15, -0.1) is 5.10 Å². The van der Waals surface area contributed by atoms with Crippen LogP contribution in [0, 0.1) is 0 Å². The quantitative estimate of drug-likeness (QED) is 0.608. The van der Waals surface area contributed by atoms with E-state index >= 15 is 0 Å². The Balaban J connectivity index is 2.43. The molecule has 1 heterocycles. The van der Waals surface area contributed by atoms with Crippen LogP contribution in [0.5, 0.6) is 0 Å². The minimum absolute atomic E-state index is 0.0826. The van der Waals surface area contributed by atoms with Crippen molar-refractivity contribution in [2.24, 2.45) is 5.73 Å². The first kappa shape index (κ1) is 16.6. The summed E-state index contributed by atoms with van der Waals surface area (Å²) >= 11 is 0. The van der Waals surface area contributed by atoms with Gasteiger partial charge in [-0.2, -0.15) is 0 Å². The fourth-order valence-corrected chi connectivity index (χ4v) is 2.61. The van der Waals surface area contributed by atoms with Crippen molar-refractivity contribution in [2.75, 3.05) is 11.5 Å². The van der Waals surface area contributed by atoms with Gasteiger partial charge in [-0.1, -0.05) is 19.1 Å². The lowest BCUT2D eigenvalue weighted by Crippen LogP contribution is -2.22. The molecule has 0 unspecified atom stereocenters. The third-order valence-electron chi connectivity index (χ3n) is 2.57. The molecular weight excluding hydrogens is 282 g/mol. The molecule has 9 heteroatoms. The Morgan fingerprint density at radius 1 is 1.45 bits per heavy atom. The van der Waals surface area contributed by atoms with E-state index in [-0.39, 0.29) is 24.5 Å². The molecule has 114 valence electrons. The van der Waals surface area contributed by atoms with Crippen molar-refractivity contribution in [3.05, 3.63) is 11.9 Å². The van der Waals surface area contributed by atoms with Crippen LogP contribution in [0.3, 0.4) is 0 Å². The predicted molar refractivity (Wildman–Crippen MR) is 74.5 cm³/mol. The number of nitrogens with two attached hydrogens (primary N) is 1. The average Bonchev–Trinajstić information content (AvgIpc) is 2.80. The molecule has 20 heavy (non-hydrogen) atoms. The van der Waals surface area contributed by atoms with Crippen LogP contribution in [0.1, 0.15) is 26.0 Å². The highest BCUT2D eigenvalue weighted by atomic mass is 32.2. The van der Waals surface area contributed by atoms with Crippen LogP contribution in [0.4, 0.5) is 0 Å². The summed E-state index contributed by atoms with van der Waals surface area (Å²) in [6.45, 7) is 4.85. The Hall–Kier alpha value is -1.48. The SMILES string of the molecule is CC(C)NCc1cn(CCS(=O)(=O)CCC(N)=O)nn1. The highest BCUT2D eigenvalue weighted by Gasteiger charge is 2.13. The lowest BCUT2D eigenvalue weighted by atomic mass is 10.3. The normalized spacial score (nSPS) is 11.9. The number of carbonyl (C=O) groups excluding carboxylic acids is 1. The van der Waals surface area contributed by atoms with Gasteiger partial charge in [0.2, 0.25) is 5.91 Å². The number of carbonyl (C=O) groups is 1. The van der Waals surface area contributed by atoms with E-state index in [1.807, 2.05) is 13.8 Å². The summed E-state index contributed by atoms with van der Waals surface area (Å²) in [4.78, 5) is 10.6. The van der Waals surface area contributed by atoms with Crippen LogP contribution in [0.15, 0.2) is 6.20 Å². The molecule has 3 N–H and O–H groups in total. The van der Waals surface area contributed by atoms with Crippen LogP contribution in [-0.2, 0) is 27.7 Å². The van der Waals surface area contributed by atoms with E-state index in [1.165, 1.54) is 4.68 Å². The average molecular weight is 303 g/mol. The summed E-state index contributed by atoms with van der Waals surface area (Å²) in [5, 5.41) is 11.0. The van der Waals surface area contributed by atoms with E-state index in [2.05, 4.69) is 15.6 Å². The zero-order valence-electron chi connectivity index (χ0n) is 11.7. The van der Waals surface area contributed by atoms with Crippen molar-refractivity contribution in [2.45, 2.75) is 39.4 Å². The summed E-state index contributed by atoms with van der Waals surface area (Å²) in [6, 6.07) is 0.342. The molecule has 0 aromatic carbocycles. The molecule has 0 fully saturated rings. The van der Waals surface area contributed by atoms with Gasteiger partial charge < -0.3 is 11.1 Å². The van der Waals surface area contributed by atoms with Gasteiger partial charge in [0.05, 0.1) is 23.7 Å². The first-order valence-corrected chi connectivity index (χ1v) is 8.22. The van der Waals surface area contributed by atoms with Crippen LogP contribution >= 0.6 is 0 Å². The Labute approximate surface area is 118 Å². The maximum Gasteiger partial charge on any atom is 0.218 e. The molecule has 1 aromatic heterocycles. The van der Waals surface area contributed by atoms with Crippen molar-refractivity contribution in [1.82, 2.24) is 20.3 Å². The maximum atomic E-state index is 11.6. The molecule has 0 saturated heterocycles. The molecule has 0 aliphatic heterocycles. The number of aryl methyl sites for hydroxylation is 1. The number of rotatable bonds is 9. The Bertz CT molecular complexity index is 538. The fraction of sp³-hybridized carbons (Fsp3) is 0.727. The van der Waals surface area contributed by atoms with Crippen molar-refractivity contribution < 1.29 is 13.2 Å². The number of aromatic nitrogens is 3. The van der Waals surface area contributed by atoms with E-state index in [1.54, 1.807) is 6.20 Å². The lowest BCUT2D eigenvalue weighted by molar-refractivity contribution is -0.117. The van der Waals surface area contributed by atoms with E-state index < -0.39 is 15.7 Å². The number of primary amides is 1. The molecule has 0 aliphatic rings. The third-order valence-corrected chi connectivity index (χ3v) is 4.20. The molecule has 0 aliphatic carbocycles. The molecule has 1 aromatic rings. The van der Waals surface area contributed by atoms with Crippen LogP contribution in [-0.4, -0.2) is 46.9 Å². The second-order valence-corrected chi connectivity index (χ2v) is 7.18. The summed E-state index contributed by atoms with van der Waals surface area (Å²) < 4.78 is 24.8. The third kappa shape index (κ3) is 6.62. The Kier molecular flexibility index (Phi) is 6.08. The van der Waals surface area contributed by atoms with E-state index in [4.69, 9.17) is 5.73 Å². The molecule has 0 radical (unpaired) electrons. The van der Waals surface area contributed by atoms with Gasteiger partial charge in [-0.05, 0) is 0 Å². The number of sulfone groups is 1. The number of hydrogen-bond acceptors (Lipinski definition) is 6. The first-order chi connectivity index (χ1) is 9.28. The molecule has 0 bridgehead atoms. The van der Waals surface area contributed by atoms with Gasteiger partial charge in [0, 0.05) is 25.2 Å². The van der Waals surface area contributed by atoms with Gasteiger partial charge in [0.1, 0.15) is 0 Å². The first-order valence-electron chi connectivity index (χ1n) is 6.39. The number of nitrogens with zero attached hydrogens (tertiary/aromatic N) is 3. The highest BCUT2D eigenvalue weighted by molar-refractivity contribution is 7.91. The van der Waals surface area contributed by atoms with Crippen molar-refractivity contribution >= 4 is 15.7 Å². The van der Waals surface area contributed by atoms with E-state index in [0.29, 0.717) is 12.6 Å². The number of amides is 1. The molecular formula is C11H21N5O3S. The molecule has 0 atom stereocenters. The van der Waals surface area contributed by atoms with Crippen LogP contribution < -0.4 is 11.1 Å². The van der Waals surface area contributed by atoms with Crippen LogP contribution in [0.25, 0.3) is 0 Å². The van der Waals surface area contributed by atoms with Gasteiger partial charge in [-0.3, -0.25) is 9.48 Å². The summed E-state index contributed by atoms with van der Waals surface area (Å²) in [5.74, 6) is -0.921. The molecule has 0 spiro atoms. The van der Waals surface area contributed by atoms with E-state index in [0.717, 1.165) is 5.69 Å². The summed E-state index contributed by atoms with van der Waals surface area (Å²) in [7, 11) is -3.30. The van der Waals surface area contributed by atoms with Crippen molar-refractivity contribution in [3.8, 4) is 0 Å². The highest BCUT2D eigenvalue weighted by Crippen LogP contribution is 1.98. The molecule has 1 amide bonds. The summed E-state index contributed by atoms with van der Waals surface area (Å²) in [6.07, 6.45) is 1.56. The number of nitrogens with one attached hydrogen (secondary N) is 1. The van der Waals surface area contributed by atoms with Gasteiger partial charge in [0.25, 0.3) is 0 Å². The van der Waals surface area contributed by atoms with Crippen molar-refractivity contribution in [3.63, 3.8) is 0 Å². The fourth-order valence-electron chi connectivity index (χ4n) is 1.43. The Morgan fingerprint density at radius 3 is 2.75 bits per heavy atom. The number of hydrogen-bond donors (Lipinski definition) is 2. The molecule has 8 nitrogen and oxygen atoms in total. The maximum absolute atomic E-state index is 11.6. The van der Waals surface area contributed by atoms with Crippen LogP contribution in [0.2, 0.25) is 0 Å². The van der Waals surface area contributed by atoms with Gasteiger partial charge in [-0.25, -0.2) is 8.42 Å². The minimum Gasteiger partial charge on any atom is -0.370 e. The topological polar surface area (TPSA) is 120 Å². The zero-order chi connectivity index (χ0) is 15.2. The van der Waals surface area contributed by atoms with E-state index in [9.17, 15) is 13.2 Å². The largest absolute Gasteiger partial charge is 0.370 e. The smallest absolute Gasteiger partial charge is 0.218 e. The minimum atomic E-state index is -3.30. The van der Waals surface area contributed by atoms with Gasteiger partial charge in [0.15, 0.2) is 9.84 Å². The second kappa shape index (κ2) is 7.34. The van der Waals surface area contributed by atoms with Crippen molar-refractivity contribution in [1.29, 1.82) is 0 Å². The predicted octanol–water partition coefficient (Wildman–Crippen LogP) is -0.934. The monoisotopic (exact) mass is 303 g/mol. The lowest BCUT2D eigenvalue weighted by Gasteiger charge is -2.04.